The molecule has 1 heteroatoms. The summed E-state index contributed by atoms with van der Waals surface area (Å²) >= 11 is 0. The van der Waals surface area contributed by atoms with Gasteiger partial charge < -0.3 is 0 Å². The van der Waals surface area contributed by atoms with Gasteiger partial charge in [-0.3, -0.25) is 4.99 Å². The lowest BCUT2D eigenvalue weighted by Gasteiger charge is -2.00. The first-order valence-electron chi connectivity index (χ1n) is 6.39. The highest BCUT2D eigenvalue weighted by atomic mass is 14.7. The van der Waals surface area contributed by atoms with E-state index >= 15 is 0 Å². The van der Waals surface area contributed by atoms with E-state index in [0.717, 1.165) is 6.54 Å². The summed E-state index contributed by atoms with van der Waals surface area (Å²) in [6.45, 7) is 3.27. The van der Waals surface area contributed by atoms with Gasteiger partial charge in [0.1, 0.15) is 0 Å². The number of aliphatic imine (C=N–C) groups is 1. The number of hydrogen-bond donors (Lipinski definition) is 0. The fourth-order valence-corrected chi connectivity index (χ4v) is 2.08. The Labute approximate surface area is 89.0 Å². The lowest BCUT2D eigenvalue weighted by atomic mass is 10.1. The normalized spacial score (nSPS) is 22.8. The van der Waals surface area contributed by atoms with Gasteiger partial charge >= 0.3 is 0 Å². The molecule has 14 heavy (non-hydrogen) atoms. The zero-order valence-corrected chi connectivity index (χ0v) is 9.73. The molecule has 1 rings (SSSR count). The summed E-state index contributed by atoms with van der Waals surface area (Å²) in [7, 11) is 0. The number of rotatable bonds is 0. The Balaban J connectivity index is 2.21. The molecule has 0 atom stereocenters. The molecule has 1 aliphatic heterocycles. The van der Waals surface area contributed by atoms with Crippen LogP contribution in [0.4, 0.5) is 0 Å². The van der Waals surface area contributed by atoms with E-state index in [1.165, 1.54) is 69.9 Å². The van der Waals surface area contributed by atoms with Crippen LogP contribution < -0.4 is 0 Å². The predicted octanol–water partition coefficient (Wildman–Crippen LogP) is 4.36. The molecule has 0 unspecified atom stereocenters. The smallest absolute Gasteiger partial charge is 0.0388 e. The highest BCUT2D eigenvalue weighted by Gasteiger charge is 1.96. The van der Waals surface area contributed by atoms with Crippen molar-refractivity contribution >= 4 is 5.71 Å². The lowest BCUT2D eigenvalue weighted by molar-refractivity contribution is 0.567. The molecule has 0 fully saturated rings. The van der Waals surface area contributed by atoms with Crippen LogP contribution in [0.1, 0.15) is 71.1 Å². The van der Waals surface area contributed by atoms with E-state index in [1.807, 2.05) is 0 Å². The third-order valence-corrected chi connectivity index (χ3v) is 3.08. The first-order chi connectivity index (χ1) is 6.89. The van der Waals surface area contributed by atoms with Crippen LogP contribution in [0.3, 0.4) is 0 Å². The molecule has 1 heterocycles. The molecule has 0 amide bonds. The largest absolute Gasteiger partial charge is 0.294 e. The molecule has 0 N–H and O–H groups in total. The van der Waals surface area contributed by atoms with Crippen molar-refractivity contribution < 1.29 is 0 Å². The summed E-state index contributed by atoms with van der Waals surface area (Å²) in [5, 5.41) is 0. The Bertz CT molecular complexity index is 161. The van der Waals surface area contributed by atoms with Gasteiger partial charge in [0.15, 0.2) is 0 Å². The Morgan fingerprint density at radius 2 is 1.21 bits per heavy atom. The van der Waals surface area contributed by atoms with Crippen molar-refractivity contribution in [2.75, 3.05) is 6.54 Å². The maximum atomic E-state index is 4.60. The summed E-state index contributed by atoms with van der Waals surface area (Å²) in [4.78, 5) is 4.60. The SMILES string of the molecule is CC1=NCCCCCCCCCCC1. The standard InChI is InChI=1S/C13H25N/c1-13-11-9-7-5-3-2-4-6-8-10-12-14-13/h2-12H2,1H3. The molecular weight excluding hydrogens is 170 g/mol. The minimum absolute atomic E-state index is 1.08. The summed E-state index contributed by atoms with van der Waals surface area (Å²) in [5.74, 6) is 0. The second kappa shape index (κ2) is 8.02. The van der Waals surface area contributed by atoms with Crippen LogP contribution in [0.2, 0.25) is 0 Å². The van der Waals surface area contributed by atoms with Crippen molar-refractivity contribution in [1.82, 2.24) is 0 Å². The monoisotopic (exact) mass is 195 g/mol. The summed E-state index contributed by atoms with van der Waals surface area (Å²) in [5.41, 5.74) is 1.38. The molecule has 0 aromatic heterocycles. The van der Waals surface area contributed by atoms with E-state index < -0.39 is 0 Å². The molecule has 0 radical (unpaired) electrons. The van der Waals surface area contributed by atoms with Gasteiger partial charge in [0.25, 0.3) is 0 Å². The van der Waals surface area contributed by atoms with Gasteiger partial charge in [0.05, 0.1) is 0 Å². The zero-order valence-electron chi connectivity index (χ0n) is 9.73. The molecule has 0 bridgehead atoms. The summed E-state index contributed by atoms with van der Waals surface area (Å²) in [6.07, 6.45) is 13.9. The maximum Gasteiger partial charge on any atom is 0.0388 e. The highest BCUT2D eigenvalue weighted by Crippen LogP contribution is 2.12. The molecular formula is C13H25N. The fourth-order valence-electron chi connectivity index (χ4n) is 2.08. The van der Waals surface area contributed by atoms with Crippen molar-refractivity contribution in [3.05, 3.63) is 0 Å². The second-order valence-electron chi connectivity index (χ2n) is 4.55. The van der Waals surface area contributed by atoms with E-state index in [-0.39, 0.29) is 0 Å². The molecule has 0 spiro atoms. The van der Waals surface area contributed by atoms with Gasteiger partial charge in [-0.1, -0.05) is 44.9 Å². The molecule has 0 aromatic rings. The van der Waals surface area contributed by atoms with Crippen molar-refractivity contribution in [2.45, 2.75) is 71.1 Å². The van der Waals surface area contributed by atoms with E-state index in [9.17, 15) is 0 Å². The van der Waals surface area contributed by atoms with Crippen molar-refractivity contribution in [1.29, 1.82) is 0 Å². The summed E-state index contributed by atoms with van der Waals surface area (Å²) in [6, 6.07) is 0. The third-order valence-electron chi connectivity index (χ3n) is 3.08. The molecule has 0 saturated heterocycles. The van der Waals surface area contributed by atoms with Crippen LogP contribution in [0.15, 0.2) is 4.99 Å². The average Bonchev–Trinajstić information content (AvgIpc) is 2.20. The Kier molecular flexibility index (Phi) is 6.73. The zero-order chi connectivity index (χ0) is 10.1. The van der Waals surface area contributed by atoms with Crippen LogP contribution in [0.25, 0.3) is 0 Å². The average molecular weight is 195 g/mol. The molecule has 82 valence electrons. The van der Waals surface area contributed by atoms with Gasteiger partial charge in [-0.15, -0.1) is 0 Å². The van der Waals surface area contributed by atoms with Crippen molar-refractivity contribution in [3.63, 3.8) is 0 Å². The quantitative estimate of drug-likeness (QED) is 0.544. The molecule has 0 aromatic carbocycles. The van der Waals surface area contributed by atoms with E-state index in [4.69, 9.17) is 0 Å². The summed E-state index contributed by atoms with van der Waals surface area (Å²) < 4.78 is 0. The topological polar surface area (TPSA) is 12.4 Å². The molecule has 0 saturated carbocycles. The molecule has 1 nitrogen and oxygen atoms in total. The van der Waals surface area contributed by atoms with Gasteiger partial charge in [-0.25, -0.2) is 0 Å². The third kappa shape index (κ3) is 6.17. The Morgan fingerprint density at radius 1 is 0.714 bits per heavy atom. The first-order valence-corrected chi connectivity index (χ1v) is 6.39. The lowest BCUT2D eigenvalue weighted by Crippen LogP contribution is -1.93. The van der Waals surface area contributed by atoms with Gasteiger partial charge in [0.2, 0.25) is 0 Å². The fraction of sp³-hybridized carbons (Fsp3) is 0.923. The van der Waals surface area contributed by atoms with Crippen LogP contribution in [0.5, 0.6) is 0 Å². The highest BCUT2D eigenvalue weighted by molar-refractivity contribution is 5.81. The molecule has 1 aliphatic rings. The Hall–Kier alpha value is -0.330. The van der Waals surface area contributed by atoms with Crippen LogP contribution >= 0.6 is 0 Å². The minimum atomic E-state index is 1.08. The molecule has 0 aliphatic carbocycles. The first kappa shape index (κ1) is 11.7. The van der Waals surface area contributed by atoms with Crippen LogP contribution in [-0.4, -0.2) is 12.3 Å². The number of nitrogens with zero attached hydrogens (tertiary/aromatic N) is 1. The predicted molar refractivity (Wildman–Crippen MR) is 64.1 cm³/mol. The van der Waals surface area contributed by atoms with Crippen molar-refractivity contribution in [3.8, 4) is 0 Å². The van der Waals surface area contributed by atoms with Crippen molar-refractivity contribution in [2.24, 2.45) is 4.99 Å². The number of hydrogen-bond acceptors (Lipinski definition) is 1. The van der Waals surface area contributed by atoms with E-state index in [0.29, 0.717) is 0 Å². The van der Waals surface area contributed by atoms with E-state index in [2.05, 4.69) is 11.9 Å². The van der Waals surface area contributed by atoms with Crippen LogP contribution in [0, 0.1) is 0 Å². The van der Waals surface area contributed by atoms with Gasteiger partial charge in [0, 0.05) is 12.3 Å². The second-order valence-corrected chi connectivity index (χ2v) is 4.55. The minimum Gasteiger partial charge on any atom is -0.294 e. The van der Waals surface area contributed by atoms with Gasteiger partial charge in [-0.2, -0.15) is 0 Å². The Morgan fingerprint density at radius 3 is 1.86 bits per heavy atom. The van der Waals surface area contributed by atoms with Gasteiger partial charge in [-0.05, 0) is 26.2 Å². The van der Waals surface area contributed by atoms with E-state index in [1.54, 1.807) is 0 Å². The maximum absolute atomic E-state index is 4.60. The van der Waals surface area contributed by atoms with Crippen LogP contribution in [-0.2, 0) is 0 Å².